The molecule has 6 rings (SSSR count). The molecule has 13 nitrogen and oxygen atoms in total. The van der Waals surface area contributed by atoms with Gasteiger partial charge in [-0.15, -0.1) is 0 Å². The molecule has 0 aliphatic carbocycles. The number of carbonyl (C=O) groups excluding carboxylic acids is 2. The zero-order valence-corrected chi connectivity index (χ0v) is 25.1. The van der Waals surface area contributed by atoms with Gasteiger partial charge in [-0.25, -0.2) is 18.0 Å². The van der Waals surface area contributed by atoms with Crippen LogP contribution in [-0.4, -0.2) is 78.8 Å². The van der Waals surface area contributed by atoms with Crippen LogP contribution >= 0.6 is 23.6 Å². The second kappa shape index (κ2) is 11.6. The maximum atomic E-state index is 12.7. The van der Waals surface area contributed by atoms with E-state index in [1.807, 2.05) is 29.9 Å². The first-order valence-corrected chi connectivity index (χ1v) is 15.3. The van der Waals surface area contributed by atoms with E-state index in [-0.39, 0.29) is 35.5 Å². The zero-order chi connectivity index (χ0) is 30.2. The molecule has 2 aliphatic rings. The van der Waals surface area contributed by atoms with Crippen molar-refractivity contribution in [2.75, 3.05) is 45.8 Å². The molecule has 2 aliphatic heterocycles. The summed E-state index contributed by atoms with van der Waals surface area (Å²) in [6, 6.07) is 11.8. The third-order valence-corrected chi connectivity index (χ3v) is 10.1. The van der Waals surface area contributed by atoms with Gasteiger partial charge in [-0.05, 0) is 48.6 Å². The molecule has 0 saturated carbocycles. The minimum Gasteiger partial charge on any atom is -0.465 e. The Morgan fingerprint density at radius 3 is 2.43 bits per heavy atom. The number of thiazole rings is 1. The standard InChI is InChI=1S/C14H18N4O3S.C12H10N2O4S2/c1-16-5-4-11-10-12(2-3-13(11)16)22(20,21)18-8-6-17(7-9-18)14(15)19;1-16-11(15)9-10(13)14(12(19)20-9)6-2-3-7-8(4-6)18-5-17-7/h2-5,10H,6-9H2,1H3,(H2,15,19);2-4H,5,13H2,1H3. The van der Waals surface area contributed by atoms with Crippen molar-refractivity contribution < 1.29 is 32.2 Å². The van der Waals surface area contributed by atoms with Crippen LogP contribution in [0.3, 0.4) is 0 Å². The van der Waals surface area contributed by atoms with E-state index >= 15 is 0 Å². The van der Waals surface area contributed by atoms with Crippen LogP contribution < -0.4 is 20.9 Å². The van der Waals surface area contributed by atoms with E-state index in [0.29, 0.717) is 34.2 Å². The molecule has 4 N–H and O–H groups in total. The van der Waals surface area contributed by atoms with Crippen LogP contribution in [-0.2, 0) is 21.8 Å². The van der Waals surface area contributed by atoms with E-state index in [4.69, 9.17) is 33.2 Å². The molecule has 1 saturated heterocycles. The number of rotatable bonds is 4. The monoisotopic (exact) mass is 632 g/mol. The van der Waals surface area contributed by atoms with E-state index in [2.05, 4.69) is 4.74 Å². The average Bonchev–Trinajstić information content (AvgIpc) is 3.69. The van der Waals surface area contributed by atoms with Crippen LogP contribution in [0.2, 0.25) is 0 Å². The minimum atomic E-state index is -3.55. The lowest BCUT2D eigenvalue weighted by molar-refractivity contribution is 0.0607. The number of urea groups is 1. The molecule has 16 heteroatoms. The number of ether oxygens (including phenoxy) is 3. The third-order valence-electron chi connectivity index (χ3n) is 6.88. The second-order valence-corrected chi connectivity index (χ2v) is 12.9. The van der Waals surface area contributed by atoms with Crippen molar-refractivity contribution in [2.45, 2.75) is 4.90 Å². The summed E-state index contributed by atoms with van der Waals surface area (Å²) in [4.78, 5) is 24.7. The maximum Gasteiger partial charge on any atom is 0.351 e. The number of carbonyl (C=O) groups is 2. The largest absolute Gasteiger partial charge is 0.465 e. The third kappa shape index (κ3) is 5.53. The Hall–Kier alpha value is -4.12. The first-order valence-electron chi connectivity index (χ1n) is 12.6. The second-order valence-electron chi connectivity index (χ2n) is 9.32. The van der Waals surface area contributed by atoms with Crippen LogP contribution in [0.25, 0.3) is 16.6 Å². The highest BCUT2D eigenvalue weighted by molar-refractivity contribution is 7.89. The molecule has 42 heavy (non-hydrogen) atoms. The zero-order valence-electron chi connectivity index (χ0n) is 22.7. The summed E-state index contributed by atoms with van der Waals surface area (Å²) in [7, 11) is -0.331. The number of aryl methyl sites for hydroxylation is 1. The van der Waals surface area contributed by atoms with Crippen LogP contribution in [0.1, 0.15) is 9.67 Å². The summed E-state index contributed by atoms with van der Waals surface area (Å²) in [6.45, 7) is 1.36. The molecule has 0 bridgehead atoms. The summed E-state index contributed by atoms with van der Waals surface area (Å²) in [5.74, 6) is 1.04. The van der Waals surface area contributed by atoms with Crippen LogP contribution in [0.5, 0.6) is 11.5 Å². The number of anilines is 1. The number of nitrogens with zero attached hydrogens (tertiary/aromatic N) is 4. The molecule has 2 aromatic carbocycles. The fourth-order valence-electron chi connectivity index (χ4n) is 4.61. The molecule has 4 heterocycles. The topological polar surface area (TPSA) is 164 Å². The summed E-state index contributed by atoms with van der Waals surface area (Å²) < 4.78 is 46.1. The van der Waals surface area contributed by atoms with Gasteiger partial charge >= 0.3 is 12.0 Å². The highest BCUT2D eigenvalue weighted by Crippen LogP contribution is 2.36. The molecule has 0 radical (unpaired) electrons. The Morgan fingerprint density at radius 1 is 1.02 bits per heavy atom. The maximum absolute atomic E-state index is 12.7. The Morgan fingerprint density at radius 2 is 1.74 bits per heavy atom. The number of amides is 2. The van der Waals surface area contributed by atoms with E-state index in [9.17, 15) is 18.0 Å². The number of sulfonamides is 1. The van der Waals surface area contributed by atoms with Crippen molar-refractivity contribution in [1.29, 1.82) is 0 Å². The van der Waals surface area contributed by atoms with Gasteiger partial charge in [0.1, 0.15) is 5.82 Å². The van der Waals surface area contributed by atoms with Crippen molar-refractivity contribution in [3.05, 3.63) is 57.5 Å². The number of piperazine rings is 1. The number of benzene rings is 2. The molecular formula is C26H28N6O7S3. The molecule has 0 atom stereocenters. The molecule has 0 spiro atoms. The summed E-state index contributed by atoms with van der Waals surface area (Å²) in [5, 5.41) is 0.888. The number of nitrogens with two attached hydrogens (primary N) is 2. The molecule has 4 aromatic rings. The number of primary amides is 1. The number of nitrogen functional groups attached to an aromatic ring is 1. The number of hydrogen-bond donors (Lipinski definition) is 2. The van der Waals surface area contributed by atoms with Crippen LogP contribution in [0, 0.1) is 3.95 Å². The van der Waals surface area contributed by atoms with E-state index < -0.39 is 22.0 Å². The molecular weight excluding hydrogens is 605 g/mol. The van der Waals surface area contributed by atoms with Crippen molar-refractivity contribution >= 4 is 62.3 Å². The quantitative estimate of drug-likeness (QED) is 0.254. The lowest BCUT2D eigenvalue weighted by Gasteiger charge is -2.32. The average molecular weight is 633 g/mol. The molecule has 2 amide bonds. The predicted molar refractivity (Wildman–Crippen MR) is 159 cm³/mol. The van der Waals surface area contributed by atoms with Gasteiger partial charge in [0.2, 0.25) is 16.8 Å². The SMILES string of the molecule is COC(=O)c1sc(=S)n(-c2ccc3c(c2)OCO3)c1N.Cn1ccc2cc(S(=O)(=O)N3CCN(C(N)=O)CC3)ccc21. The Labute approximate surface area is 250 Å². The highest BCUT2D eigenvalue weighted by atomic mass is 32.2. The van der Waals surface area contributed by atoms with Gasteiger partial charge < -0.3 is 35.1 Å². The lowest BCUT2D eigenvalue weighted by Crippen LogP contribution is -2.51. The Kier molecular flexibility index (Phi) is 8.14. The summed E-state index contributed by atoms with van der Waals surface area (Å²) in [6.07, 6.45) is 1.90. The van der Waals surface area contributed by atoms with E-state index in [1.54, 1.807) is 34.9 Å². The van der Waals surface area contributed by atoms with Gasteiger partial charge in [0.05, 0.1) is 17.7 Å². The highest BCUT2D eigenvalue weighted by Gasteiger charge is 2.29. The number of hydrogen-bond acceptors (Lipinski definition) is 10. The van der Waals surface area contributed by atoms with Gasteiger partial charge in [-0.3, -0.25) is 4.57 Å². The molecule has 2 aromatic heterocycles. The Balaban J connectivity index is 0.000000169. The normalized spacial score (nSPS) is 14.9. The van der Waals surface area contributed by atoms with Crippen LogP contribution in [0.4, 0.5) is 10.6 Å². The molecule has 1 fully saturated rings. The summed E-state index contributed by atoms with van der Waals surface area (Å²) >= 11 is 6.37. The molecule has 222 valence electrons. The van der Waals surface area contributed by atoms with Crippen LogP contribution in [0.15, 0.2) is 53.6 Å². The number of methoxy groups -OCH3 is 1. The van der Waals surface area contributed by atoms with Crippen molar-refractivity contribution in [3.63, 3.8) is 0 Å². The number of aromatic nitrogens is 2. The van der Waals surface area contributed by atoms with Crippen molar-refractivity contribution in [2.24, 2.45) is 12.8 Å². The van der Waals surface area contributed by atoms with E-state index in [1.165, 1.54) is 16.3 Å². The fourth-order valence-corrected chi connectivity index (χ4v) is 7.35. The summed E-state index contributed by atoms with van der Waals surface area (Å²) in [5.41, 5.74) is 12.9. The minimum absolute atomic E-state index is 0.191. The first kappa shape index (κ1) is 29.4. The first-order chi connectivity index (χ1) is 20.0. The van der Waals surface area contributed by atoms with Gasteiger partial charge in [0, 0.05) is 56.4 Å². The smallest absolute Gasteiger partial charge is 0.351 e. The lowest BCUT2D eigenvalue weighted by atomic mass is 10.2. The van der Waals surface area contributed by atoms with Gasteiger partial charge in [-0.1, -0.05) is 11.3 Å². The number of esters is 1. The van der Waals surface area contributed by atoms with E-state index in [0.717, 1.165) is 22.2 Å². The van der Waals surface area contributed by atoms with Crippen molar-refractivity contribution in [3.8, 4) is 17.2 Å². The predicted octanol–water partition coefficient (Wildman–Crippen LogP) is 2.93. The Bertz CT molecular complexity index is 1840. The fraction of sp³-hybridized carbons (Fsp3) is 0.269. The number of fused-ring (bicyclic) bond motifs is 2. The van der Waals surface area contributed by atoms with Crippen molar-refractivity contribution in [1.82, 2.24) is 18.3 Å². The van der Waals surface area contributed by atoms with Gasteiger partial charge in [0.25, 0.3) is 0 Å². The van der Waals surface area contributed by atoms with Gasteiger partial charge in [0.15, 0.2) is 20.3 Å². The van der Waals surface area contributed by atoms with Gasteiger partial charge in [-0.2, -0.15) is 4.31 Å². The molecule has 0 unspecified atom stereocenters.